The molecule has 0 unspecified atom stereocenters. The molecule has 0 aliphatic carbocycles. The third kappa shape index (κ3) is 2.05. The summed E-state index contributed by atoms with van der Waals surface area (Å²) in [5.74, 6) is -0.0408. The molecule has 1 aromatic rings. The lowest BCUT2D eigenvalue weighted by Crippen LogP contribution is -2.14. The predicted molar refractivity (Wildman–Crippen MR) is 51.6 cm³/mol. The summed E-state index contributed by atoms with van der Waals surface area (Å²) < 4.78 is 0. The van der Waals surface area contributed by atoms with Gasteiger partial charge in [-0.25, -0.2) is 0 Å². The second-order valence-electron chi connectivity index (χ2n) is 3.39. The number of carbonyl (C=O) groups is 1. The van der Waals surface area contributed by atoms with E-state index in [0.29, 0.717) is 17.2 Å². The number of nitrogens with zero attached hydrogens (tertiary/aromatic N) is 1. The van der Waals surface area contributed by atoms with Crippen LogP contribution in [-0.4, -0.2) is 10.9 Å². The molecule has 0 atom stereocenters. The molecule has 0 aliphatic rings. The lowest BCUT2D eigenvalue weighted by Gasteiger charge is -2.07. The van der Waals surface area contributed by atoms with Gasteiger partial charge in [-0.05, 0) is 25.0 Å². The lowest BCUT2D eigenvalue weighted by molar-refractivity contribution is 0.0999. The maximum atomic E-state index is 10.9. The van der Waals surface area contributed by atoms with Gasteiger partial charge < -0.3 is 5.73 Å². The van der Waals surface area contributed by atoms with E-state index in [9.17, 15) is 4.79 Å². The molecular weight excluding hydrogens is 164 g/mol. The Hall–Kier alpha value is -1.38. The van der Waals surface area contributed by atoms with Crippen molar-refractivity contribution in [3.8, 4) is 0 Å². The number of hydrogen-bond acceptors (Lipinski definition) is 2. The number of rotatable bonds is 2. The number of primary amides is 1. The van der Waals surface area contributed by atoms with Crippen LogP contribution in [0.2, 0.25) is 0 Å². The van der Waals surface area contributed by atoms with E-state index in [0.717, 1.165) is 5.69 Å². The van der Waals surface area contributed by atoms with Crippen molar-refractivity contribution in [2.75, 3.05) is 0 Å². The normalized spacial score (nSPS) is 10.5. The third-order valence-electron chi connectivity index (χ3n) is 1.96. The first-order chi connectivity index (χ1) is 6.02. The Bertz CT molecular complexity index is 332. The summed E-state index contributed by atoms with van der Waals surface area (Å²) in [5, 5.41) is 0. The molecule has 2 N–H and O–H groups in total. The topological polar surface area (TPSA) is 56.0 Å². The Morgan fingerprint density at radius 2 is 2.08 bits per heavy atom. The first kappa shape index (κ1) is 9.71. The summed E-state index contributed by atoms with van der Waals surface area (Å²) in [4.78, 5) is 15.2. The first-order valence-corrected chi connectivity index (χ1v) is 4.29. The molecule has 13 heavy (non-hydrogen) atoms. The van der Waals surface area contributed by atoms with Gasteiger partial charge in [0.15, 0.2) is 0 Å². The van der Waals surface area contributed by atoms with Gasteiger partial charge in [0.25, 0.3) is 5.91 Å². The largest absolute Gasteiger partial charge is 0.366 e. The third-order valence-corrected chi connectivity index (χ3v) is 1.96. The molecule has 0 saturated heterocycles. The van der Waals surface area contributed by atoms with Crippen LogP contribution in [-0.2, 0) is 0 Å². The van der Waals surface area contributed by atoms with Crippen LogP contribution in [0.4, 0.5) is 0 Å². The molecule has 70 valence electrons. The van der Waals surface area contributed by atoms with Gasteiger partial charge in [0.1, 0.15) is 0 Å². The van der Waals surface area contributed by atoms with Crippen LogP contribution in [0.3, 0.4) is 0 Å². The van der Waals surface area contributed by atoms with E-state index in [1.807, 2.05) is 6.07 Å². The van der Waals surface area contributed by atoms with Crippen LogP contribution in [0.25, 0.3) is 0 Å². The van der Waals surface area contributed by atoms with Gasteiger partial charge in [-0.15, -0.1) is 0 Å². The lowest BCUT2D eigenvalue weighted by atomic mass is 10.1. The van der Waals surface area contributed by atoms with Gasteiger partial charge in [-0.3, -0.25) is 9.78 Å². The number of pyridine rings is 1. The fourth-order valence-corrected chi connectivity index (χ4v) is 1.16. The van der Waals surface area contributed by atoms with Crippen LogP contribution in [0, 0.1) is 6.92 Å². The molecule has 0 saturated carbocycles. The van der Waals surface area contributed by atoms with Crippen molar-refractivity contribution in [2.45, 2.75) is 26.7 Å². The van der Waals surface area contributed by atoms with Gasteiger partial charge in [0.2, 0.25) is 0 Å². The van der Waals surface area contributed by atoms with E-state index in [1.54, 1.807) is 13.0 Å². The summed E-state index contributed by atoms with van der Waals surface area (Å²) in [6.45, 7) is 5.92. The number of aromatic nitrogens is 1. The number of hydrogen-bond donors (Lipinski definition) is 1. The standard InChI is InChI=1S/C10H14N2O/c1-6(2)9-5-4-8(10(11)13)7(3)12-9/h4-6H,1-3H3,(H2,11,13). The highest BCUT2D eigenvalue weighted by molar-refractivity contribution is 5.93. The molecule has 1 heterocycles. The average molecular weight is 178 g/mol. The van der Waals surface area contributed by atoms with Crippen molar-refractivity contribution in [1.82, 2.24) is 4.98 Å². The van der Waals surface area contributed by atoms with Gasteiger partial charge >= 0.3 is 0 Å². The van der Waals surface area contributed by atoms with Crippen LogP contribution >= 0.6 is 0 Å². The fraction of sp³-hybridized carbons (Fsp3) is 0.400. The zero-order chi connectivity index (χ0) is 10.0. The molecule has 0 bridgehead atoms. The molecule has 1 amide bonds. The Morgan fingerprint density at radius 1 is 1.46 bits per heavy atom. The first-order valence-electron chi connectivity index (χ1n) is 4.29. The summed E-state index contributed by atoms with van der Waals surface area (Å²) in [6, 6.07) is 3.58. The molecule has 0 radical (unpaired) electrons. The SMILES string of the molecule is Cc1nc(C(C)C)ccc1C(N)=O. The molecule has 0 aromatic carbocycles. The molecular formula is C10H14N2O. The summed E-state index contributed by atoms with van der Waals surface area (Å²) >= 11 is 0. The van der Waals surface area contributed by atoms with Crippen molar-refractivity contribution in [3.05, 3.63) is 29.1 Å². The van der Waals surface area contributed by atoms with E-state index in [4.69, 9.17) is 5.73 Å². The van der Waals surface area contributed by atoms with E-state index in [1.165, 1.54) is 0 Å². The van der Waals surface area contributed by atoms with E-state index in [-0.39, 0.29) is 0 Å². The summed E-state index contributed by atoms with van der Waals surface area (Å²) in [5.41, 5.74) is 7.36. The van der Waals surface area contributed by atoms with Gasteiger partial charge in [0, 0.05) is 5.69 Å². The summed E-state index contributed by atoms with van der Waals surface area (Å²) in [6.07, 6.45) is 0. The minimum absolute atomic E-state index is 0.376. The quantitative estimate of drug-likeness (QED) is 0.748. The van der Waals surface area contributed by atoms with E-state index >= 15 is 0 Å². The second kappa shape index (κ2) is 3.56. The van der Waals surface area contributed by atoms with Crippen molar-refractivity contribution < 1.29 is 4.79 Å². The highest BCUT2D eigenvalue weighted by Gasteiger charge is 2.08. The van der Waals surface area contributed by atoms with Crippen LogP contribution in [0.15, 0.2) is 12.1 Å². The minimum atomic E-state index is -0.416. The van der Waals surface area contributed by atoms with Crippen molar-refractivity contribution in [3.63, 3.8) is 0 Å². The Morgan fingerprint density at radius 3 is 2.46 bits per heavy atom. The number of carbonyl (C=O) groups excluding carboxylic acids is 1. The maximum Gasteiger partial charge on any atom is 0.250 e. The molecule has 0 aliphatic heterocycles. The maximum absolute atomic E-state index is 10.9. The Kier molecular flexibility index (Phi) is 2.66. The van der Waals surface area contributed by atoms with Crippen LogP contribution in [0.5, 0.6) is 0 Å². The molecule has 3 heteroatoms. The number of nitrogens with two attached hydrogens (primary N) is 1. The van der Waals surface area contributed by atoms with Crippen molar-refractivity contribution in [2.24, 2.45) is 5.73 Å². The van der Waals surface area contributed by atoms with Gasteiger partial charge in [-0.2, -0.15) is 0 Å². The van der Waals surface area contributed by atoms with E-state index in [2.05, 4.69) is 18.8 Å². The average Bonchev–Trinajstić information content (AvgIpc) is 2.03. The number of aryl methyl sites for hydroxylation is 1. The molecule has 0 spiro atoms. The van der Waals surface area contributed by atoms with E-state index < -0.39 is 5.91 Å². The Balaban J connectivity index is 3.13. The summed E-state index contributed by atoms with van der Waals surface area (Å²) in [7, 11) is 0. The molecule has 1 rings (SSSR count). The molecule has 3 nitrogen and oxygen atoms in total. The van der Waals surface area contributed by atoms with Crippen LogP contribution in [0.1, 0.15) is 41.5 Å². The zero-order valence-corrected chi connectivity index (χ0v) is 8.16. The van der Waals surface area contributed by atoms with Crippen LogP contribution < -0.4 is 5.73 Å². The second-order valence-corrected chi connectivity index (χ2v) is 3.39. The number of amides is 1. The zero-order valence-electron chi connectivity index (χ0n) is 8.16. The van der Waals surface area contributed by atoms with Crippen molar-refractivity contribution >= 4 is 5.91 Å². The van der Waals surface area contributed by atoms with Gasteiger partial charge in [0.05, 0.1) is 11.3 Å². The smallest absolute Gasteiger partial charge is 0.250 e. The minimum Gasteiger partial charge on any atom is -0.366 e. The molecule has 0 fully saturated rings. The Labute approximate surface area is 78.0 Å². The fourth-order valence-electron chi connectivity index (χ4n) is 1.16. The predicted octanol–water partition coefficient (Wildman–Crippen LogP) is 1.61. The molecule has 1 aromatic heterocycles. The van der Waals surface area contributed by atoms with Crippen molar-refractivity contribution in [1.29, 1.82) is 0 Å². The monoisotopic (exact) mass is 178 g/mol. The highest BCUT2D eigenvalue weighted by atomic mass is 16.1. The highest BCUT2D eigenvalue weighted by Crippen LogP contribution is 2.13. The van der Waals surface area contributed by atoms with Gasteiger partial charge in [-0.1, -0.05) is 13.8 Å².